The summed E-state index contributed by atoms with van der Waals surface area (Å²) in [5, 5.41) is 0. The summed E-state index contributed by atoms with van der Waals surface area (Å²) in [6.07, 6.45) is 4.67. The molecule has 64 valence electrons. The van der Waals surface area contributed by atoms with Gasteiger partial charge in [-0.15, -0.1) is 0 Å². The molecular weight excluding hydrogens is 132 g/mol. The van der Waals surface area contributed by atoms with E-state index in [0.29, 0.717) is 5.92 Å². The molecule has 0 aliphatic rings. The highest BCUT2D eigenvalue weighted by Crippen LogP contribution is 2.23. The maximum absolute atomic E-state index is 4.00. The summed E-state index contributed by atoms with van der Waals surface area (Å²) in [6.45, 7) is 12.6. The Balaban J connectivity index is 4.21. The first-order valence-electron chi connectivity index (χ1n) is 4.41. The van der Waals surface area contributed by atoms with Crippen molar-refractivity contribution in [3.8, 4) is 0 Å². The van der Waals surface area contributed by atoms with Gasteiger partial charge in [0.25, 0.3) is 0 Å². The molecule has 11 heavy (non-hydrogen) atoms. The van der Waals surface area contributed by atoms with Gasteiger partial charge in [-0.2, -0.15) is 0 Å². The summed E-state index contributed by atoms with van der Waals surface area (Å²) in [6, 6.07) is 0. The third kappa shape index (κ3) is 3.41. The van der Waals surface area contributed by atoms with E-state index in [4.69, 9.17) is 0 Å². The van der Waals surface area contributed by atoms with Gasteiger partial charge in [0, 0.05) is 0 Å². The van der Waals surface area contributed by atoms with E-state index >= 15 is 0 Å². The maximum atomic E-state index is 4.00. The van der Waals surface area contributed by atoms with Gasteiger partial charge in [-0.05, 0) is 33.1 Å². The fraction of sp³-hybridized carbons (Fsp3) is 0.636. The average molecular weight is 152 g/mol. The summed E-state index contributed by atoms with van der Waals surface area (Å²) >= 11 is 0. The quantitative estimate of drug-likeness (QED) is 0.535. The minimum atomic E-state index is 0.616. The molecule has 0 aliphatic heterocycles. The maximum Gasteiger partial charge on any atom is -0.000151 e. The van der Waals surface area contributed by atoms with Crippen LogP contribution in [-0.2, 0) is 0 Å². The van der Waals surface area contributed by atoms with E-state index in [1.165, 1.54) is 24.0 Å². The van der Waals surface area contributed by atoms with Crippen LogP contribution < -0.4 is 0 Å². The number of allylic oxidation sites excluding steroid dienone is 3. The van der Waals surface area contributed by atoms with E-state index in [0.717, 1.165) is 0 Å². The average Bonchev–Trinajstić information content (AvgIpc) is 1.98. The van der Waals surface area contributed by atoms with Crippen molar-refractivity contribution in [2.45, 2.75) is 40.5 Å². The van der Waals surface area contributed by atoms with Crippen LogP contribution in [0, 0.1) is 5.92 Å². The van der Waals surface area contributed by atoms with Gasteiger partial charge in [0.2, 0.25) is 0 Å². The van der Waals surface area contributed by atoms with Gasteiger partial charge < -0.3 is 0 Å². The van der Waals surface area contributed by atoms with Gasteiger partial charge in [-0.25, -0.2) is 0 Å². The minimum Gasteiger partial charge on any atom is -0.0995 e. The molecule has 0 fully saturated rings. The standard InChI is InChI=1S/C11H20/c1-6-8-11(9(3)4)10(5)7-2/h7,11H,3,6,8H2,1-2,4-5H3. The van der Waals surface area contributed by atoms with Crippen LogP contribution in [0.15, 0.2) is 23.8 Å². The molecule has 0 bridgehead atoms. The minimum absolute atomic E-state index is 0.616. The molecular formula is C11H20. The van der Waals surface area contributed by atoms with Crippen molar-refractivity contribution in [3.05, 3.63) is 23.8 Å². The summed E-state index contributed by atoms with van der Waals surface area (Å²) < 4.78 is 0. The zero-order valence-electron chi connectivity index (χ0n) is 8.28. The topological polar surface area (TPSA) is 0 Å². The van der Waals surface area contributed by atoms with E-state index in [-0.39, 0.29) is 0 Å². The predicted molar refractivity (Wildman–Crippen MR) is 52.6 cm³/mol. The molecule has 0 amide bonds. The van der Waals surface area contributed by atoms with Gasteiger partial charge >= 0.3 is 0 Å². The van der Waals surface area contributed by atoms with Crippen molar-refractivity contribution in [3.63, 3.8) is 0 Å². The van der Waals surface area contributed by atoms with Gasteiger partial charge in [0.05, 0.1) is 0 Å². The van der Waals surface area contributed by atoms with Crippen molar-refractivity contribution in [2.24, 2.45) is 5.92 Å². The van der Waals surface area contributed by atoms with Gasteiger partial charge in [-0.3, -0.25) is 0 Å². The Bertz CT molecular complexity index is 151. The van der Waals surface area contributed by atoms with Gasteiger partial charge in [0.15, 0.2) is 0 Å². The highest BCUT2D eigenvalue weighted by Gasteiger charge is 2.08. The first kappa shape index (κ1) is 10.5. The Morgan fingerprint density at radius 2 is 2.00 bits per heavy atom. The number of rotatable bonds is 4. The summed E-state index contributed by atoms with van der Waals surface area (Å²) in [5.74, 6) is 0.616. The Labute approximate surface area is 71.0 Å². The van der Waals surface area contributed by atoms with Crippen LogP contribution in [0.5, 0.6) is 0 Å². The molecule has 0 heteroatoms. The lowest BCUT2D eigenvalue weighted by molar-refractivity contribution is 0.627. The smallest absolute Gasteiger partial charge is 0.000151 e. The molecule has 0 saturated carbocycles. The predicted octanol–water partition coefficient (Wildman–Crippen LogP) is 3.95. The molecule has 0 saturated heterocycles. The van der Waals surface area contributed by atoms with Crippen molar-refractivity contribution >= 4 is 0 Å². The second-order valence-corrected chi connectivity index (χ2v) is 3.22. The third-order valence-electron chi connectivity index (χ3n) is 2.18. The molecule has 0 rings (SSSR count). The Morgan fingerprint density at radius 1 is 1.45 bits per heavy atom. The first-order valence-corrected chi connectivity index (χ1v) is 4.41. The van der Waals surface area contributed by atoms with Crippen molar-refractivity contribution in [1.29, 1.82) is 0 Å². The number of hydrogen-bond donors (Lipinski definition) is 0. The highest BCUT2D eigenvalue weighted by atomic mass is 14.1. The van der Waals surface area contributed by atoms with Crippen molar-refractivity contribution in [1.82, 2.24) is 0 Å². The number of hydrogen-bond acceptors (Lipinski definition) is 0. The third-order valence-corrected chi connectivity index (χ3v) is 2.18. The molecule has 0 aromatic rings. The molecule has 0 radical (unpaired) electrons. The largest absolute Gasteiger partial charge is 0.0995 e. The van der Waals surface area contributed by atoms with Crippen LogP contribution in [0.4, 0.5) is 0 Å². The van der Waals surface area contributed by atoms with Crippen LogP contribution in [0.1, 0.15) is 40.5 Å². The highest BCUT2D eigenvalue weighted by molar-refractivity contribution is 5.14. The molecule has 0 aromatic heterocycles. The van der Waals surface area contributed by atoms with Crippen LogP contribution in [0.2, 0.25) is 0 Å². The Morgan fingerprint density at radius 3 is 2.27 bits per heavy atom. The molecule has 0 aromatic carbocycles. The zero-order valence-corrected chi connectivity index (χ0v) is 8.28. The lowest BCUT2D eigenvalue weighted by atomic mass is 9.89. The Kier molecular flexibility index (Phi) is 4.93. The van der Waals surface area contributed by atoms with Crippen molar-refractivity contribution < 1.29 is 0 Å². The van der Waals surface area contributed by atoms with Crippen LogP contribution in [-0.4, -0.2) is 0 Å². The van der Waals surface area contributed by atoms with Gasteiger partial charge in [-0.1, -0.05) is 37.1 Å². The van der Waals surface area contributed by atoms with Crippen molar-refractivity contribution in [2.75, 3.05) is 0 Å². The fourth-order valence-corrected chi connectivity index (χ4v) is 1.35. The summed E-state index contributed by atoms with van der Waals surface area (Å²) in [4.78, 5) is 0. The second kappa shape index (κ2) is 5.17. The zero-order chi connectivity index (χ0) is 8.85. The van der Waals surface area contributed by atoms with E-state index in [9.17, 15) is 0 Å². The monoisotopic (exact) mass is 152 g/mol. The van der Waals surface area contributed by atoms with E-state index in [2.05, 4.69) is 40.3 Å². The summed E-state index contributed by atoms with van der Waals surface area (Å²) in [5.41, 5.74) is 2.75. The Hall–Kier alpha value is -0.520. The lowest BCUT2D eigenvalue weighted by Gasteiger charge is -2.16. The van der Waals surface area contributed by atoms with E-state index < -0.39 is 0 Å². The van der Waals surface area contributed by atoms with E-state index in [1.54, 1.807) is 0 Å². The molecule has 0 N–H and O–H groups in total. The molecule has 1 unspecified atom stereocenters. The SMILES string of the molecule is C=C(C)C(CCC)C(C)=CC. The second-order valence-electron chi connectivity index (χ2n) is 3.22. The lowest BCUT2D eigenvalue weighted by Crippen LogP contribution is -2.02. The molecule has 0 aliphatic carbocycles. The van der Waals surface area contributed by atoms with Gasteiger partial charge in [0.1, 0.15) is 0 Å². The van der Waals surface area contributed by atoms with Crippen LogP contribution in [0.3, 0.4) is 0 Å². The first-order chi connectivity index (χ1) is 5.13. The fourth-order valence-electron chi connectivity index (χ4n) is 1.35. The summed E-state index contributed by atoms with van der Waals surface area (Å²) in [7, 11) is 0. The van der Waals surface area contributed by atoms with Crippen LogP contribution >= 0.6 is 0 Å². The molecule has 0 heterocycles. The normalized spacial score (nSPS) is 14.7. The molecule has 0 nitrogen and oxygen atoms in total. The molecule has 0 spiro atoms. The van der Waals surface area contributed by atoms with Crippen LogP contribution in [0.25, 0.3) is 0 Å². The van der Waals surface area contributed by atoms with E-state index in [1.807, 2.05) is 0 Å². The molecule has 1 atom stereocenters.